The van der Waals surface area contributed by atoms with Gasteiger partial charge in [0.15, 0.2) is 0 Å². The minimum Gasteiger partial charge on any atom is -0.497 e. The number of methoxy groups -OCH3 is 2. The summed E-state index contributed by atoms with van der Waals surface area (Å²) in [4.78, 5) is 12.1. The lowest BCUT2D eigenvalue weighted by atomic mass is 9.96. The molecule has 25 heavy (non-hydrogen) atoms. The molecular weight excluding hydrogens is 316 g/mol. The molecule has 5 nitrogen and oxygen atoms in total. The summed E-state index contributed by atoms with van der Waals surface area (Å²) >= 11 is 0. The second-order valence-corrected chi connectivity index (χ2v) is 6.36. The van der Waals surface area contributed by atoms with Crippen molar-refractivity contribution in [2.24, 2.45) is 0 Å². The van der Waals surface area contributed by atoms with Gasteiger partial charge in [-0.15, -0.1) is 0 Å². The molecule has 2 N–H and O–H groups in total. The summed E-state index contributed by atoms with van der Waals surface area (Å²) in [6.07, 6.45) is 2.18. The van der Waals surface area contributed by atoms with Crippen LogP contribution in [0.5, 0.6) is 11.5 Å². The summed E-state index contributed by atoms with van der Waals surface area (Å²) in [5.74, 6) is 1.63. The highest BCUT2D eigenvalue weighted by atomic mass is 16.5. The topological polar surface area (TPSA) is 59.6 Å². The van der Waals surface area contributed by atoms with Crippen LogP contribution in [0.25, 0.3) is 0 Å². The predicted molar refractivity (Wildman–Crippen MR) is 97.1 cm³/mol. The molecule has 1 saturated carbocycles. The molecule has 0 radical (unpaired) electrons. The van der Waals surface area contributed by atoms with Gasteiger partial charge < -0.3 is 20.1 Å². The number of hydrogen-bond donors (Lipinski definition) is 2. The zero-order valence-corrected chi connectivity index (χ0v) is 14.7. The molecule has 2 aromatic carbocycles. The van der Waals surface area contributed by atoms with E-state index in [0.717, 1.165) is 29.9 Å². The van der Waals surface area contributed by atoms with Crippen molar-refractivity contribution in [1.82, 2.24) is 10.6 Å². The van der Waals surface area contributed by atoms with Crippen LogP contribution in [-0.2, 0) is 12.0 Å². The van der Waals surface area contributed by atoms with Crippen LogP contribution in [0.4, 0.5) is 4.79 Å². The molecule has 0 aliphatic heterocycles. The zero-order chi connectivity index (χ0) is 17.7. The van der Waals surface area contributed by atoms with Gasteiger partial charge >= 0.3 is 6.03 Å². The van der Waals surface area contributed by atoms with Crippen molar-refractivity contribution in [2.45, 2.75) is 24.8 Å². The van der Waals surface area contributed by atoms with Crippen LogP contribution in [0.2, 0.25) is 0 Å². The summed E-state index contributed by atoms with van der Waals surface area (Å²) < 4.78 is 10.5. The number of para-hydroxylation sites is 1. The Kier molecular flexibility index (Phi) is 5.12. The van der Waals surface area contributed by atoms with Crippen molar-refractivity contribution >= 4 is 6.03 Å². The summed E-state index contributed by atoms with van der Waals surface area (Å²) in [5.41, 5.74) is 2.27. The van der Waals surface area contributed by atoms with Crippen molar-refractivity contribution in [2.75, 3.05) is 20.8 Å². The zero-order valence-electron chi connectivity index (χ0n) is 14.7. The van der Waals surface area contributed by atoms with Crippen LogP contribution in [-0.4, -0.2) is 26.8 Å². The molecule has 1 fully saturated rings. The Morgan fingerprint density at radius 2 is 1.72 bits per heavy atom. The molecule has 0 spiro atoms. The first-order valence-corrected chi connectivity index (χ1v) is 8.45. The standard InChI is InChI=1S/C20H24N2O3/c1-24-17-9-7-16(8-10-17)20(11-12-20)14-22-19(23)21-13-15-5-3-4-6-18(15)25-2/h3-10H,11-14H2,1-2H3,(H2,21,22,23). The lowest BCUT2D eigenvalue weighted by Crippen LogP contribution is -2.39. The fraction of sp³-hybridized carbons (Fsp3) is 0.350. The summed E-state index contributed by atoms with van der Waals surface area (Å²) in [6.45, 7) is 1.07. The van der Waals surface area contributed by atoms with Crippen molar-refractivity contribution < 1.29 is 14.3 Å². The molecule has 5 heteroatoms. The summed E-state index contributed by atoms with van der Waals surface area (Å²) in [6, 6.07) is 15.6. The Balaban J connectivity index is 1.51. The van der Waals surface area contributed by atoms with Crippen LogP contribution in [0.3, 0.4) is 0 Å². The lowest BCUT2D eigenvalue weighted by molar-refractivity contribution is 0.239. The molecule has 132 valence electrons. The average Bonchev–Trinajstić information content (AvgIpc) is 3.46. The van der Waals surface area contributed by atoms with E-state index in [1.807, 2.05) is 36.4 Å². The van der Waals surface area contributed by atoms with Gasteiger partial charge in [0.1, 0.15) is 11.5 Å². The van der Waals surface area contributed by atoms with Crippen molar-refractivity contribution in [3.05, 3.63) is 59.7 Å². The number of amides is 2. The first-order valence-electron chi connectivity index (χ1n) is 8.45. The van der Waals surface area contributed by atoms with E-state index in [9.17, 15) is 4.79 Å². The smallest absolute Gasteiger partial charge is 0.315 e. The Bertz CT molecular complexity index is 724. The largest absolute Gasteiger partial charge is 0.497 e. The van der Waals surface area contributed by atoms with Gasteiger partial charge in [-0.05, 0) is 36.6 Å². The third-order valence-electron chi connectivity index (χ3n) is 4.78. The molecule has 0 bridgehead atoms. The number of benzene rings is 2. The van der Waals surface area contributed by atoms with E-state index in [0.29, 0.717) is 13.1 Å². The number of urea groups is 1. The number of ether oxygens (including phenoxy) is 2. The maximum Gasteiger partial charge on any atom is 0.315 e. The number of rotatable bonds is 7. The van der Waals surface area contributed by atoms with E-state index < -0.39 is 0 Å². The third kappa shape index (κ3) is 4.05. The minimum atomic E-state index is -0.161. The maximum atomic E-state index is 12.1. The number of hydrogen-bond acceptors (Lipinski definition) is 3. The van der Waals surface area contributed by atoms with E-state index in [1.165, 1.54) is 5.56 Å². The fourth-order valence-electron chi connectivity index (χ4n) is 3.00. The SMILES string of the molecule is COc1ccc(C2(CNC(=O)NCc3ccccc3OC)CC2)cc1. The van der Waals surface area contributed by atoms with Gasteiger partial charge in [0.2, 0.25) is 0 Å². The van der Waals surface area contributed by atoms with Crippen LogP contribution < -0.4 is 20.1 Å². The lowest BCUT2D eigenvalue weighted by Gasteiger charge is -2.17. The first-order chi connectivity index (χ1) is 12.2. The highest BCUT2D eigenvalue weighted by molar-refractivity contribution is 5.74. The molecule has 0 atom stereocenters. The van der Waals surface area contributed by atoms with Gasteiger partial charge in [-0.25, -0.2) is 4.79 Å². The van der Waals surface area contributed by atoms with E-state index in [-0.39, 0.29) is 11.4 Å². The monoisotopic (exact) mass is 340 g/mol. The first kappa shape index (κ1) is 17.1. The van der Waals surface area contributed by atoms with Gasteiger partial charge in [-0.3, -0.25) is 0 Å². The van der Waals surface area contributed by atoms with Gasteiger partial charge in [0, 0.05) is 24.1 Å². The van der Waals surface area contributed by atoms with E-state index >= 15 is 0 Å². The van der Waals surface area contributed by atoms with Crippen LogP contribution in [0.1, 0.15) is 24.0 Å². The van der Waals surface area contributed by atoms with E-state index in [2.05, 4.69) is 22.8 Å². The molecule has 1 aliphatic carbocycles. The molecule has 0 heterocycles. The van der Waals surface area contributed by atoms with Crippen LogP contribution in [0, 0.1) is 0 Å². The van der Waals surface area contributed by atoms with Crippen molar-refractivity contribution in [3.8, 4) is 11.5 Å². The van der Waals surface area contributed by atoms with Crippen molar-refractivity contribution in [1.29, 1.82) is 0 Å². The highest BCUT2D eigenvalue weighted by Gasteiger charge is 2.44. The maximum absolute atomic E-state index is 12.1. The summed E-state index contributed by atoms with van der Waals surface area (Å²) in [7, 11) is 3.29. The van der Waals surface area contributed by atoms with Gasteiger partial charge in [-0.1, -0.05) is 30.3 Å². The van der Waals surface area contributed by atoms with Gasteiger partial charge in [0.25, 0.3) is 0 Å². The molecular formula is C20H24N2O3. The van der Waals surface area contributed by atoms with E-state index in [4.69, 9.17) is 9.47 Å². The molecule has 0 aromatic heterocycles. The van der Waals surface area contributed by atoms with Gasteiger partial charge in [-0.2, -0.15) is 0 Å². The Morgan fingerprint density at radius 1 is 1.00 bits per heavy atom. The van der Waals surface area contributed by atoms with Crippen LogP contribution in [0.15, 0.2) is 48.5 Å². The normalized spacial score (nSPS) is 14.5. The molecule has 0 unspecified atom stereocenters. The second-order valence-electron chi connectivity index (χ2n) is 6.36. The predicted octanol–water partition coefficient (Wildman–Crippen LogP) is 3.23. The van der Waals surface area contributed by atoms with Gasteiger partial charge in [0.05, 0.1) is 14.2 Å². The number of nitrogens with one attached hydrogen (secondary N) is 2. The Hall–Kier alpha value is -2.69. The van der Waals surface area contributed by atoms with Crippen LogP contribution >= 0.6 is 0 Å². The third-order valence-corrected chi connectivity index (χ3v) is 4.78. The Labute approximate surface area is 148 Å². The van der Waals surface area contributed by atoms with E-state index in [1.54, 1.807) is 14.2 Å². The fourth-order valence-corrected chi connectivity index (χ4v) is 3.00. The number of carbonyl (C=O) groups excluding carboxylic acids is 1. The molecule has 2 amide bonds. The number of carbonyl (C=O) groups is 1. The molecule has 0 saturated heterocycles. The molecule has 3 rings (SSSR count). The molecule has 2 aromatic rings. The highest BCUT2D eigenvalue weighted by Crippen LogP contribution is 2.47. The molecule has 1 aliphatic rings. The second kappa shape index (κ2) is 7.47. The minimum absolute atomic E-state index is 0.0635. The Morgan fingerprint density at radius 3 is 2.36 bits per heavy atom. The quantitative estimate of drug-likeness (QED) is 0.813. The average molecular weight is 340 g/mol. The summed E-state index contributed by atoms with van der Waals surface area (Å²) in [5, 5.41) is 5.89. The van der Waals surface area contributed by atoms with Crippen molar-refractivity contribution in [3.63, 3.8) is 0 Å².